The van der Waals surface area contributed by atoms with Gasteiger partial charge in [0.15, 0.2) is 0 Å². The van der Waals surface area contributed by atoms with Crippen molar-refractivity contribution in [2.45, 2.75) is 13.5 Å². The van der Waals surface area contributed by atoms with E-state index < -0.39 is 0 Å². The van der Waals surface area contributed by atoms with Gasteiger partial charge in [0.25, 0.3) is 0 Å². The summed E-state index contributed by atoms with van der Waals surface area (Å²) in [6, 6.07) is 13.6. The van der Waals surface area contributed by atoms with Gasteiger partial charge in [-0.15, -0.1) is 0 Å². The first-order valence-electron chi connectivity index (χ1n) is 6.11. The second-order valence-electron chi connectivity index (χ2n) is 4.65. The maximum atomic E-state index is 10.7. The first-order valence-corrected chi connectivity index (χ1v) is 6.49. The van der Waals surface area contributed by atoms with Crippen molar-refractivity contribution in [3.05, 3.63) is 64.2 Å². The normalized spacial score (nSPS) is 10.3. The van der Waals surface area contributed by atoms with Crippen LogP contribution in [0.1, 0.15) is 21.5 Å². The predicted molar refractivity (Wildman–Crippen MR) is 80.1 cm³/mol. The number of anilines is 1. The molecular weight excluding hydrogens is 258 g/mol. The standard InChI is InChI=1S/C16H16ClNO/c1-12-9-14(11-19)5-8-16(12)18(2)10-13-3-6-15(17)7-4-13/h3-9,11H,10H2,1-2H3. The monoisotopic (exact) mass is 273 g/mol. The average molecular weight is 274 g/mol. The fourth-order valence-corrected chi connectivity index (χ4v) is 2.26. The molecule has 0 aliphatic carbocycles. The lowest BCUT2D eigenvalue weighted by Gasteiger charge is -2.21. The second kappa shape index (κ2) is 5.89. The number of halogens is 1. The molecule has 2 aromatic rings. The number of nitrogens with zero attached hydrogens (tertiary/aromatic N) is 1. The molecule has 0 aliphatic heterocycles. The van der Waals surface area contributed by atoms with Gasteiger partial charge in [-0.25, -0.2) is 0 Å². The van der Waals surface area contributed by atoms with E-state index in [1.807, 2.05) is 56.4 Å². The van der Waals surface area contributed by atoms with Crippen LogP contribution in [0.25, 0.3) is 0 Å². The van der Waals surface area contributed by atoms with Crippen molar-refractivity contribution in [2.75, 3.05) is 11.9 Å². The summed E-state index contributed by atoms with van der Waals surface area (Å²) in [5.74, 6) is 0. The van der Waals surface area contributed by atoms with Crippen molar-refractivity contribution in [1.29, 1.82) is 0 Å². The highest BCUT2D eigenvalue weighted by atomic mass is 35.5. The molecule has 98 valence electrons. The third kappa shape index (κ3) is 3.36. The van der Waals surface area contributed by atoms with Gasteiger partial charge in [-0.1, -0.05) is 23.7 Å². The fourth-order valence-electron chi connectivity index (χ4n) is 2.13. The third-order valence-corrected chi connectivity index (χ3v) is 3.35. The molecule has 0 N–H and O–H groups in total. The fraction of sp³-hybridized carbons (Fsp3) is 0.188. The van der Waals surface area contributed by atoms with E-state index in [9.17, 15) is 4.79 Å². The van der Waals surface area contributed by atoms with E-state index in [2.05, 4.69) is 4.90 Å². The number of hydrogen-bond acceptors (Lipinski definition) is 2. The Hall–Kier alpha value is -1.80. The van der Waals surface area contributed by atoms with Crippen LogP contribution in [0.2, 0.25) is 5.02 Å². The zero-order valence-electron chi connectivity index (χ0n) is 11.1. The summed E-state index contributed by atoms with van der Waals surface area (Å²) < 4.78 is 0. The van der Waals surface area contributed by atoms with Crippen molar-refractivity contribution in [3.8, 4) is 0 Å². The Balaban J connectivity index is 2.17. The Bertz CT molecular complexity index is 578. The minimum Gasteiger partial charge on any atom is -0.370 e. The van der Waals surface area contributed by atoms with Crippen LogP contribution in [-0.4, -0.2) is 13.3 Å². The van der Waals surface area contributed by atoms with Gasteiger partial charge in [0.2, 0.25) is 0 Å². The number of hydrogen-bond donors (Lipinski definition) is 0. The summed E-state index contributed by atoms with van der Waals surface area (Å²) in [5, 5.41) is 0.748. The largest absolute Gasteiger partial charge is 0.370 e. The molecule has 0 bridgehead atoms. The molecule has 2 rings (SSSR count). The molecule has 0 heterocycles. The van der Waals surface area contributed by atoms with E-state index in [1.165, 1.54) is 5.56 Å². The molecule has 0 radical (unpaired) electrons. The van der Waals surface area contributed by atoms with Crippen LogP contribution in [0.3, 0.4) is 0 Å². The molecule has 19 heavy (non-hydrogen) atoms. The number of aldehydes is 1. The van der Waals surface area contributed by atoms with E-state index in [4.69, 9.17) is 11.6 Å². The van der Waals surface area contributed by atoms with E-state index in [0.29, 0.717) is 5.56 Å². The van der Waals surface area contributed by atoms with Gasteiger partial charge in [0, 0.05) is 29.9 Å². The van der Waals surface area contributed by atoms with Crippen molar-refractivity contribution >= 4 is 23.6 Å². The molecule has 0 fully saturated rings. The molecule has 2 nitrogen and oxygen atoms in total. The highest BCUT2D eigenvalue weighted by molar-refractivity contribution is 6.30. The lowest BCUT2D eigenvalue weighted by molar-refractivity contribution is 0.112. The zero-order chi connectivity index (χ0) is 13.8. The summed E-state index contributed by atoms with van der Waals surface area (Å²) in [7, 11) is 2.04. The maximum absolute atomic E-state index is 10.7. The molecule has 0 saturated carbocycles. The van der Waals surface area contributed by atoms with Crippen molar-refractivity contribution < 1.29 is 4.79 Å². The maximum Gasteiger partial charge on any atom is 0.150 e. The highest BCUT2D eigenvalue weighted by Gasteiger charge is 2.06. The lowest BCUT2D eigenvalue weighted by Crippen LogP contribution is -2.17. The highest BCUT2D eigenvalue weighted by Crippen LogP contribution is 2.22. The molecule has 0 spiro atoms. The summed E-state index contributed by atoms with van der Waals surface area (Å²) >= 11 is 5.88. The Morgan fingerprint density at radius 2 is 1.84 bits per heavy atom. The summed E-state index contributed by atoms with van der Waals surface area (Å²) in [4.78, 5) is 12.9. The predicted octanol–water partition coefficient (Wildman–Crippen LogP) is 4.10. The lowest BCUT2D eigenvalue weighted by atomic mass is 10.1. The van der Waals surface area contributed by atoms with E-state index in [1.54, 1.807) is 0 Å². The second-order valence-corrected chi connectivity index (χ2v) is 5.08. The van der Waals surface area contributed by atoms with E-state index >= 15 is 0 Å². The molecule has 0 atom stereocenters. The Labute approximate surface area is 118 Å². The van der Waals surface area contributed by atoms with E-state index in [-0.39, 0.29) is 0 Å². The summed E-state index contributed by atoms with van der Waals surface area (Å²) in [6.45, 7) is 2.82. The van der Waals surface area contributed by atoms with Crippen LogP contribution >= 0.6 is 11.6 Å². The molecule has 2 aromatic carbocycles. The first-order chi connectivity index (χ1) is 9.10. The minimum absolute atomic E-state index is 0.709. The van der Waals surface area contributed by atoms with Gasteiger partial charge < -0.3 is 4.90 Å². The third-order valence-electron chi connectivity index (χ3n) is 3.10. The van der Waals surface area contributed by atoms with Gasteiger partial charge in [0.05, 0.1) is 0 Å². The van der Waals surface area contributed by atoms with Gasteiger partial charge in [0.1, 0.15) is 6.29 Å². The Kier molecular flexibility index (Phi) is 4.23. The van der Waals surface area contributed by atoms with Gasteiger partial charge in [-0.3, -0.25) is 4.79 Å². The molecule has 0 saturated heterocycles. The number of rotatable bonds is 4. The summed E-state index contributed by atoms with van der Waals surface area (Å²) in [5.41, 5.74) is 4.13. The number of carbonyl (C=O) groups excluding carboxylic acids is 1. The number of benzene rings is 2. The molecular formula is C16H16ClNO. The first kappa shape index (κ1) is 13.6. The van der Waals surface area contributed by atoms with E-state index in [0.717, 1.165) is 29.1 Å². The van der Waals surface area contributed by atoms with Gasteiger partial charge >= 0.3 is 0 Å². The van der Waals surface area contributed by atoms with Crippen LogP contribution in [0.4, 0.5) is 5.69 Å². The van der Waals surface area contributed by atoms with Crippen LogP contribution in [-0.2, 0) is 6.54 Å². The molecule has 0 amide bonds. The SMILES string of the molecule is Cc1cc(C=O)ccc1N(C)Cc1ccc(Cl)cc1. The Morgan fingerprint density at radius 3 is 2.42 bits per heavy atom. The van der Waals surface area contributed by atoms with Crippen LogP contribution in [0.15, 0.2) is 42.5 Å². The molecule has 0 aromatic heterocycles. The van der Waals surface area contributed by atoms with Crippen molar-refractivity contribution in [2.24, 2.45) is 0 Å². The van der Waals surface area contributed by atoms with Crippen molar-refractivity contribution in [3.63, 3.8) is 0 Å². The van der Waals surface area contributed by atoms with Crippen LogP contribution < -0.4 is 4.90 Å². The van der Waals surface area contributed by atoms with Crippen LogP contribution in [0.5, 0.6) is 0 Å². The topological polar surface area (TPSA) is 20.3 Å². The molecule has 0 aliphatic rings. The quantitative estimate of drug-likeness (QED) is 0.782. The van der Waals surface area contributed by atoms with Crippen LogP contribution in [0, 0.1) is 6.92 Å². The zero-order valence-corrected chi connectivity index (χ0v) is 11.8. The number of aryl methyl sites for hydroxylation is 1. The summed E-state index contributed by atoms with van der Waals surface area (Å²) in [6.07, 6.45) is 0.871. The Morgan fingerprint density at radius 1 is 1.16 bits per heavy atom. The smallest absolute Gasteiger partial charge is 0.150 e. The minimum atomic E-state index is 0.709. The average Bonchev–Trinajstić information content (AvgIpc) is 2.41. The van der Waals surface area contributed by atoms with Gasteiger partial charge in [-0.2, -0.15) is 0 Å². The number of carbonyl (C=O) groups is 1. The van der Waals surface area contributed by atoms with Crippen molar-refractivity contribution in [1.82, 2.24) is 0 Å². The van der Waals surface area contributed by atoms with Gasteiger partial charge in [-0.05, 0) is 48.4 Å². The molecule has 3 heteroatoms. The molecule has 0 unspecified atom stereocenters.